The van der Waals surface area contributed by atoms with Gasteiger partial charge in [0, 0.05) is 35.6 Å². The van der Waals surface area contributed by atoms with E-state index in [-0.39, 0.29) is 16.4 Å². The van der Waals surface area contributed by atoms with Crippen molar-refractivity contribution in [2.45, 2.75) is 103 Å². The third-order valence-electron chi connectivity index (χ3n) is 10.6. The minimum atomic E-state index is 0.120. The SMILES string of the molecule is CCC1C2(CC)c3ccc(-c4nnc(-c5ccc(C(C)(C)CCCC=C(C)C)cc5)o4)cc3-c3cccc[n+]3C12CC. The average molecular weight is 561 g/mol. The monoisotopic (exact) mass is 560 g/mol. The maximum Gasteiger partial charge on any atom is 0.248 e. The summed E-state index contributed by atoms with van der Waals surface area (Å²) in [6.45, 7) is 16.1. The van der Waals surface area contributed by atoms with Crippen LogP contribution in [0.2, 0.25) is 0 Å². The maximum atomic E-state index is 6.30. The van der Waals surface area contributed by atoms with Crippen LogP contribution in [0.15, 0.2) is 82.9 Å². The molecule has 6 rings (SSSR count). The average Bonchev–Trinajstić information content (AvgIpc) is 3.31. The van der Waals surface area contributed by atoms with Gasteiger partial charge in [-0.15, -0.1) is 10.2 Å². The minimum absolute atomic E-state index is 0.120. The van der Waals surface area contributed by atoms with Crippen molar-refractivity contribution in [3.63, 3.8) is 0 Å². The molecule has 2 aliphatic rings. The molecule has 3 unspecified atom stereocenters. The van der Waals surface area contributed by atoms with Gasteiger partial charge < -0.3 is 4.42 Å². The first-order valence-electron chi connectivity index (χ1n) is 16.0. The molecule has 4 aromatic rings. The fourth-order valence-electron chi connectivity index (χ4n) is 8.52. The van der Waals surface area contributed by atoms with E-state index in [2.05, 4.69) is 136 Å². The summed E-state index contributed by atoms with van der Waals surface area (Å²) in [5.74, 6) is 1.77. The summed E-state index contributed by atoms with van der Waals surface area (Å²) in [4.78, 5) is 0. The largest absolute Gasteiger partial charge is 0.416 e. The Morgan fingerprint density at radius 3 is 2.31 bits per heavy atom. The van der Waals surface area contributed by atoms with Gasteiger partial charge in [-0.2, -0.15) is 4.57 Å². The second-order valence-electron chi connectivity index (χ2n) is 13.3. The lowest BCUT2D eigenvalue weighted by atomic mass is 9.78. The van der Waals surface area contributed by atoms with Crippen molar-refractivity contribution in [2.24, 2.45) is 5.92 Å². The Balaban J connectivity index is 1.29. The van der Waals surface area contributed by atoms with E-state index >= 15 is 0 Å². The number of hydrogen-bond acceptors (Lipinski definition) is 3. The van der Waals surface area contributed by atoms with Crippen LogP contribution in [-0.2, 0) is 16.4 Å². The van der Waals surface area contributed by atoms with Crippen LogP contribution in [-0.4, -0.2) is 10.2 Å². The Kier molecular flexibility index (Phi) is 7.23. The summed E-state index contributed by atoms with van der Waals surface area (Å²) in [7, 11) is 0. The molecule has 1 fully saturated rings. The second-order valence-corrected chi connectivity index (χ2v) is 13.3. The summed E-state index contributed by atoms with van der Waals surface area (Å²) in [5, 5.41) is 8.96. The first kappa shape index (κ1) is 28.6. The lowest BCUT2D eigenvalue weighted by Crippen LogP contribution is -2.55. The van der Waals surface area contributed by atoms with Gasteiger partial charge in [-0.25, -0.2) is 0 Å². The number of benzene rings is 2. The predicted molar refractivity (Wildman–Crippen MR) is 171 cm³/mol. The number of pyridine rings is 1. The Morgan fingerprint density at radius 1 is 0.929 bits per heavy atom. The molecule has 3 atom stereocenters. The zero-order chi connectivity index (χ0) is 29.7. The van der Waals surface area contributed by atoms with Crippen molar-refractivity contribution in [1.29, 1.82) is 0 Å². The molecule has 4 heteroatoms. The van der Waals surface area contributed by atoms with E-state index in [9.17, 15) is 0 Å². The van der Waals surface area contributed by atoms with Gasteiger partial charge in [0.05, 0.1) is 11.0 Å². The summed E-state index contributed by atoms with van der Waals surface area (Å²) in [6.07, 6.45) is 11.6. The molecule has 0 bridgehead atoms. The molecule has 2 aromatic carbocycles. The van der Waals surface area contributed by atoms with Crippen molar-refractivity contribution in [3.8, 4) is 34.2 Å². The first-order valence-corrected chi connectivity index (χ1v) is 16.0. The molecule has 218 valence electrons. The molecule has 1 saturated carbocycles. The lowest BCUT2D eigenvalue weighted by molar-refractivity contribution is -0.738. The van der Waals surface area contributed by atoms with E-state index in [1.807, 2.05) is 0 Å². The quantitative estimate of drug-likeness (QED) is 0.110. The van der Waals surface area contributed by atoms with E-state index in [1.54, 1.807) is 0 Å². The third kappa shape index (κ3) is 4.20. The van der Waals surface area contributed by atoms with Crippen LogP contribution in [0.4, 0.5) is 0 Å². The summed E-state index contributed by atoms with van der Waals surface area (Å²) in [5.41, 5.74) is 9.18. The maximum absolute atomic E-state index is 6.30. The molecule has 1 aliphatic heterocycles. The molecule has 42 heavy (non-hydrogen) atoms. The molecular weight excluding hydrogens is 514 g/mol. The van der Waals surface area contributed by atoms with Crippen LogP contribution in [0.5, 0.6) is 0 Å². The highest BCUT2D eigenvalue weighted by atomic mass is 16.4. The fraction of sp³-hybridized carbons (Fsp3) is 0.447. The van der Waals surface area contributed by atoms with Crippen molar-refractivity contribution in [3.05, 3.63) is 89.6 Å². The molecule has 3 heterocycles. The van der Waals surface area contributed by atoms with Gasteiger partial charge in [0.25, 0.3) is 0 Å². The number of nitrogens with zero attached hydrogens (tertiary/aromatic N) is 3. The van der Waals surface area contributed by atoms with Crippen molar-refractivity contribution in [1.82, 2.24) is 10.2 Å². The zero-order valence-corrected chi connectivity index (χ0v) is 26.5. The van der Waals surface area contributed by atoms with E-state index in [1.165, 1.54) is 40.8 Å². The molecular formula is C38H46N3O+. The highest BCUT2D eigenvalue weighted by Gasteiger charge is 2.83. The van der Waals surface area contributed by atoms with E-state index in [0.717, 1.165) is 36.8 Å². The first-order chi connectivity index (χ1) is 20.2. The summed E-state index contributed by atoms with van der Waals surface area (Å²) in [6, 6.07) is 22.1. The Morgan fingerprint density at radius 2 is 1.64 bits per heavy atom. The van der Waals surface area contributed by atoms with Gasteiger partial charge in [0.15, 0.2) is 11.7 Å². The molecule has 0 saturated heterocycles. The van der Waals surface area contributed by atoms with Crippen LogP contribution >= 0.6 is 0 Å². The highest BCUT2D eigenvalue weighted by Crippen LogP contribution is 2.73. The molecule has 2 aromatic heterocycles. The molecule has 0 N–H and O–H groups in total. The molecule has 0 spiro atoms. The summed E-state index contributed by atoms with van der Waals surface area (Å²) < 4.78 is 8.88. The Bertz CT molecular complexity index is 1620. The van der Waals surface area contributed by atoms with Gasteiger partial charge >= 0.3 is 0 Å². The second kappa shape index (κ2) is 10.6. The van der Waals surface area contributed by atoms with Crippen molar-refractivity contribution >= 4 is 0 Å². The van der Waals surface area contributed by atoms with Gasteiger partial charge in [0.1, 0.15) is 0 Å². The standard InChI is InChI=1S/C38H46N3O/c1-8-33-37(9-2)31-22-19-28(25-30(31)32-16-12-14-24-41(32)38(33,37)10-3)35-40-39-34(42-35)27-17-20-29(21-18-27)36(6,7)23-13-11-15-26(4)5/h12,14-22,24-25,33H,8-11,13,23H2,1-7H3/q+1. The van der Waals surface area contributed by atoms with Gasteiger partial charge in [0.2, 0.25) is 17.5 Å². The zero-order valence-electron chi connectivity index (χ0n) is 26.5. The number of rotatable bonds is 10. The molecule has 4 nitrogen and oxygen atoms in total. The Labute approximate surface area is 251 Å². The highest BCUT2D eigenvalue weighted by molar-refractivity contribution is 5.74. The van der Waals surface area contributed by atoms with E-state index < -0.39 is 0 Å². The van der Waals surface area contributed by atoms with Crippen LogP contribution in [0, 0.1) is 5.92 Å². The van der Waals surface area contributed by atoms with Crippen LogP contribution in [0.1, 0.15) is 98.1 Å². The molecule has 0 radical (unpaired) electrons. The van der Waals surface area contributed by atoms with Crippen LogP contribution < -0.4 is 4.57 Å². The number of unbranched alkanes of at least 4 members (excludes halogenated alkanes) is 1. The van der Waals surface area contributed by atoms with E-state index in [0.29, 0.717) is 17.7 Å². The predicted octanol–water partition coefficient (Wildman–Crippen LogP) is 9.58. The van der Waals surface area contributed by atoms with Gasteiger partial charge in [-0.3, -0.25) is 0 Å². The fourth-order valence-corrected chi connectivity index (χ4v) is 8.52. The molecule has 0 amide bonds. The summed E-state index contributed by atoms with van der Waals surface area (Å²) >= 11 is 0. The van der Waals surface area contributed by atoms with Crippen molar-refractivity contribution < 1.29 is 8.98 Å². The van der Waals surface area contributed by atoms with Gasteiger partial charge in [-0.1, -0.05) is 64.5 Å². The number of hydrogen-bond donors (Lipinski definition) is 0. The minimum Gasteiger partial charge on any atom is -0.416 e. The van der Waals surface area contributed by atoms with E-state index in [4.69, 9.17) is 4.42 Å². The number of aromatic nitrogens is 3. The van der Waals surface area contributed by atoms with Crippen LogP contribution in [0.25, 0.3) is 34.2 Å². The molecule has 1 aliphatic carbocycles. The number of allylic oxidation sites excluding steroid dienone is 2. The normalized spacial score (nSPS) is 22.2. The lowest BCUT2D eigenvalue weighted by Gasteiger charge is -2.28. The number of fused-ring (bicyclic) bond motifs is 6. The van der Waals surface area contributed by atoms with Crippen LogP contribution in [0.3, 0.4) is 0 Å². The topological polar surface area (TPSA) is 42.8 Å². The van der Waals surface area contributed by atoms with Crippen molar-refractivity contribution in [2.75, 3.05) is 0 Å². The Hall–Kier alpha value is -3.53. The third-order valence-corrected chi connectivity index (χ3v) is 10.6. The van der Waals surface area contributed by atoms with Gasteiger partial charge in [-0.05, 0) is 92.8 Å². The smallest absolute Gasteiger partial charge is 0.248 e.